The van der Waals surface area contributed by atoms with Crippen LogP contribution in [-0.4, -0.2) is 23.2 Å². The first-order chi connectivity index (χ1) is 8.06. The van der Waals surface area contributed by atoms with E-state index >= 15 is 0 Å². The highest BCUT2D eigenvalue weighted by Gasteiger charge is 2.28. The Balaban J connectivity index is 1.94. The van der Waals surface area contributed by atoms with Gasteiger partial charge in [-0.2, -0.15) is 0 Å². The van der Waals surface area contributed by atoms with E-state index in [1.54, 1.807) is 0 Å². The van der Waals surface area contributed by atoms with E-state index in [1.807, 2.05) is 0 Å². The summed E-state index contributed by atoms with van der Waals surface area (Å²) in [5.74, 6) is -1.85. The van der Waals surface area contributed by atoms with Crippen LogP contribution in [0.15, 0.2) is 18.2 Å². The molecule has 1 aromatic rings. The number of nitrogens with one attached hydrogen (secondary N) is 1. The Bertz CT molecular complexity index is 410. The number of aliphatic hydroxyl groups excluding tert-OH is 1. The van der Waals surface area contributed by atoms with E-state index in [9.17, 15) is 13.6 Å². The molecule has 0 aliphatic heterocycles. The maximum absolute atomic E-state index is 13.2. The number of aliphatic hydroxyl groups is 1. The lowest BCUT2D eigenvalue weighted by Crippen LogP contribution is -2.47. The fourth-order valence-electron chi connectivity index (χ4n) is 1.85. The zero-order valence-electron chi connectivity index (χ0n) is 9.12. The first-order valence-corrected chi connectivity index (χ1v) is 5.46. The summed E-state index contributed by atoms with van der Waals surface area (Å²) < 4.78 is 26.5. The third-order valence-electron chi connectivity index (χ3n) is 2.88. The largest absolute Gasteiger partial charge is 0.393 e. The van der Waals surface area contributed by atoms with Gasteiger partial charge < -0.3 is 10.4 Å². The Morgan fingerprint density at radius 2 is 1.94 bits per heavy atom. The van der Waals surface area contributed by atoms with Crippen LogP contribution in [0.4, 0.5) is 8.78 Å². The first kappa shape index (κ1) is 12.0. The SMILES string of the molecule is O=C(Cc1c(F)cccc1F)NC1CC(O)C1. The van der Waals surface area contributed by atoms with Gasteiger partial charge in [-0.1, -0.05) is 6.07 Å². The van der Waals surface area contributed by atoms with Crippen molar-refractivity contribution < 1.29 is 18.7 Å². The second kappa shape index (κ2) is 4.79. The predicted molar refractivity (Wildman–Crippen MR) is 57.2 cm³/mol. The molecule has 1 amide bonds. The highest BCUT2D eigenvalue weighted by atomic mass is 19.1. The molecule has 0 aromatic heterocycles. The van der Waals surface area contributed by atoms with Crippen molar-refractivity contribution in [2.24, 2.45) is 0 Å². The number of carbonyl (C=O) groups excluding carboxylic acids is 1. The number of rotatable bonds is 3. The molecule has 0 heterocycles. The lowest BCUT2D eigenvalue weighted by Gasteiger charge is -2.31. The van der Waals surface area contributed by atoms with Crippen molar-refractivity contribution in [3.05, 3.63) is 35.4 Å². The summed E-state index contributed by atoms with van der Waals surface area (Å²) in [5, 5.41) is 11.7. The van der Waals surface area contributed by atoms with Gasteiger partial charge in [-0.15, -0.1) is 0 Å². The molecule has 3 nitrogen and oxygen atoms in total. The molecule has 1 aliphatic carbocycles. The van der Waals surface area contributed by atoms with Gasteiger partial charge >= 0.3 is 0 Å². The lowest BCUT2D eigenvalue weighted by atomic mass is 9.89. The number of halogens is 2. The van der Waals surface area contributed by atoms with Crippen molar-refractivity contribution in [1.82, 2.24) is 5.32 Å². The van der Waals surface area contributed by atoms with Crippen molar-refractivity contribution in [3.63, 3.8) is 0 Å². The number of carbonyl (C=O) groups is 1. The topological polar surface area (TPSA) is 49.3 Å². The average molecular weight is 241 g/mol. The number of benzene rings is 1. The molecule has 1 aromatic carbocycles. The first-order valence-electron chi connectivity index (χ1n) is 5.46. The highest BCUT2D eigenvalue weighted by Crippen LogP contribution is 2.20. The minimum atomic E-state index is -0.714. The van der Waals surface area contributed by atoms with E-state index in [0.29, 0.717) is 12.8 Å². The Hall–Kier alpha value is -1.49. The Labute approximate surface area is 97.5 Å². The van der Waals surface area contributed by atoms with Gasteiger partial charge in [0.05, 0.1) is 12.5 Å². The van der Waals surface area contributed by atoms with Crippen LogP contribution in [0, 0.1) is 11.6 Å². The molecular formula is C12H13F2NO2. The van der Waals surface area contributed by atoms with Crippen molar-refractivity contribution in [1.29, 1.82) is 0 Å². The molecule has 1 saturated carbocycles. The van der Waals surface area contributed by atoms with E-state index in [0.717, 1.165) is 12.1 Å². The number of hydrogen-bond acceptors (Lipinski definition) is 2. The summed E-state index contributed by atoms with van der Waals surface area (Å²) in [5.41, 5.74) is -0.218. The van der Waals surface area contributed by atoms with Gasteiger partial charge in [0.25, 0.3) is 0 Å². The van der Waals surface area contributed by atoms with Gasteiger partial charge in [0.1, 0.15) is 11.6 Å². The van der Waals surface area contributed by atoms with E-state index in [1.165, 1.54) is 6.07 Å². The summed E-state index contributed by atoms with van der Waals surface area (Å²) in [6.07, 6.45) is 0.327. The zero-order valence-corrected chi connectivity index (χ0v) is 9.12. The molecule has 1 aliphatic rings. The zero-order chi connectivity index (χ0) is 12.4. The van der Waals surface area contributed by atoms with Gasteiger partial charge in [0, 0.05) is 11.6 Å². The van der Waals surface area contributed by atoms with Gasteiger partial charge in [-0.3, -0.25) is 4.79 Å². The predicted octanol–water partition coefficient (Wildman–Crippen LogP) is 1.15. The quantitative estimate of drug-likeness (QED) is 0.834. The third kappa shape index (κ3) is 2.79. The van der Waals surface area contributed by atoms with Crippen LogP contribution in [0.25, 0.3) is 0 Å². The van der Waals surface area contributed by atoms with E-state index < -0.39 is 17.5 Å². The summed E-state index contributed by atoms with van der Waals surface area (Å²) >= 11 is 0. The second-order valence-corrected chi connectivity index (χ2v) is 4.27. The lowest BCUT2D eigenvalue weighted by molar-refractivity contribution is -0.122. The van der Waals surface area contributed by atoms with Crippen molar-refractivity contribution in [3.8, 4) is 0 Å². The summed E-state index contributed by atoms with van der Waals surface area (Å²) in [6.45, 7) is 0. The molecule has 2 N–H and O–H groups in total. The molecule has 0 unspecified atom stereocenters. The summed E-state index contributed by atoms with van der Waals surface area (Å²) in [6, 6.07) is 3.43. The van der Waals surface area contributed by atoms with E-state index in [4.69, 9.17) is 5.11 Å². The van der Waals surface area contributed by atoms with Gasteiger partial charge in [0.2, 0.25) is 5.91 Å². The van der Waals surface area contributed by atoms with Gasteiger partial charge in [0.15, 0.2) is 0 Å². The summed E-state index contributed by atoms with van der Waals surface area (Å²) in [7, 11) is 0. The molecule has 0 saturated heterocycles. The van der Waals surface area contributed by atoms with Crippen LogP contribution < -0.4 is 5.32 Å². The van der Waals surface area contributed by atoms with Crippen molar-refractivity contribution in [2.75, 3.05) is 0 Å². The molecule has 5 heteroatoms. The van der Waals surface area contributed by atoms with Crippen LogP contribution in [0.2, 0.25) is 0 Å². The molecule has 0 atom stereocenters. The molecule has 2 rings (SSSR count). The van der Waals surface area contributed by atoms with Crippen LogP contribution in [0.3, 0.4) is 0 Å². The molecule has 0 spiro atoms. The van der Waals surface area contributed by atoms with Crippen LogP contribution >= 0.6 is 0 Å². The molecular weight excluding hydrogens is 228 g/mol. The third-order valence-corrected chi connectivity index (χ3v) is 2.88. The fraction of sp³-hybridized carbons (Fsp3) is 0.417. The Kier molecular flexibility index (Phi) is 3.38. The normalized spacial score (nSPS) is 23.0. The summed E-state index contributed by atoms with van der Waals surface area (Å²) in [4.78, 5) is 11.5. The molecule has 1 fully saturated rings. The maximum atomic E-state index is 13.2. The Morgan fingerprint density at radius 1 is 1.35 bits per heavy atom. The number of hydrogen-bond donors (Lipinski definition) is 2. The second-order valence-electron chi connectivity index (χ2n) is 4.27. The van der Waals surface area contributed by atoms with E-state index in [2.05, 4.69) is 5.32 Å². The van der Waals surface area contributed by atoms with Crippen LogP contribution in [0.1, 0.15) is 18.4 Å². The van der Waals surface area contributed by atoms with Crippen LogP contribution in [0.5, 0.6) is 0 Å². The molecule has 92 valence electrons. The highest BCUT2D eigenvalue weighted by molar-refractivity contribution is 5.79. The molecule has 0 bridgehead atoms. The molecule has 0 radical (unpaired) electrons. The average Bonchev–Trinajstić information content (AvgIpc) is 2.21. The van der Waals surface area contributed by atoms with Gasteiger partial charge in [-0.25, -0.2) is 8.78 Å². The standard InChI is InChI=1S/C12H13F2NO2/c13-10-2-1-3-11(14)9(10)6-12(17)15-7-4-8(16)5-7/h1-3,7-8,16H,4-6H2,(H,15,17). The van der Waals surface area contributed by atoms with Crippen LogP contribution in [-0.2, 0) is 11.2 Å². The monoisotopic (exact) mass is 241 g/mol. The van der Waals surface area contributed by atoms with Crippen molar-refractivity contribution >= 4 is 5.91 Å². The minimum Gasteiger partial charge on any atom is -0.393 e. The fourth-order valence-corrected chi connectivity index (χ4v) is 1.85. The smallest absolute Gasteiger partial charge is 0.224 e. The maximum Gasteiger partial charge on any atom is 0.224 e. The molecule has 17 heavy (non-hydrogen) atoms. The number of amides is 1. The minimum absolute atomic E-state index is 0.0765. The van der Waals surface area contributed by atoms with Crippen molar-refractivity contribution in [2.45, 2.75) is 31.4 Å². The van der Waals surface area contributed by atoms with Gasteiger partial charge in [-0.05, 0) is 25.0 Å². The Morgan fingerprint density at radius 3 is 2.47 bits per heavy atom. The van der Waals surface area contributed by atoms with E-state index in [-0.39, 0.29) is 24.1 Å².